The maximum Gasteiger partial charge on any atom is 0.202 e. The third-order valence-corrected chi connectivity index (χ3v) is 3.46. The molecule has 0 atom stereocenters. The van der Waals surface area contributed by atoms with Crippen molar-refractivity contribution in [2.75, 3.05) is 31.5 Å². The minimum absolute atomic E-state index is 0.653. The molecule has 0 amide bonds. The number of nitrogens with zero attached hydrogens (tertiary/aromatic N) is 3. The molecule has 0 unspecified atom stereocenters. The lowest BCUT2D eigenvalue weighted by atomic mass is 10.2. The summed E-state index contributed by atoms with van der Waals surface area (Å²) in [6.07, 6.45) is 7.94. The Morgan fingerprint density at radius 3 is 2.78 bits per heavy atom. The van der Waals surface area contributed by atoms with Gasteiger partial charge in [0, 0.05) is 25.5 Å². The Bertz CT molecular complexity index is 339. The zero-order valence-corrected chi connectivity index (χ0v) is 11.7. The maximum absolute atomic E-state index is 4.38. The van der Waals surface area contributed by atoms with Gasteiger partial charge in [0.05, 0.1) is 0 Å². The highest BCUT2D eigenvalue weighted by Crippen LogP contribution is 2.10. The Morgan fingerprint density at radius 2 is 2.06 bits per heavy atom. The molecule has 102 valence electrons. The van der Waals surface area contributed by atoms with Crippen LogP contribution in [0.1, 0.15) is 33.1 Å². The van der Waals surface area contributed by atoms with E-state index in [1.54, 1.807) is 0 Å². The lowest BCUT2D eigenvalue weighted by Crippen LogP contribution is -2.22. The van der Waals surface area contributed by atoms with Gasteiger partial charge in [0.1, 0.15) is 0 Å². The number of likely N-dealkylation sites (tertiary alicyclic amines) is 1. The van der Waals surface area contributed by atoms with Gasteiger partial charge in [-0.05, 0) is 44.8 Å². The van der Waals surface area contributed by atoms with Gasteiger partial charge in [-0.3, -0.25) is 0 Å². The van der Waals surface area contributed by atoms with Crippen LogP contribution in [0.15, 0.2) is 12.4 Å². The zero-order valence-electron chi connectivity index (χ0n) is 11.7. The summed E-state index contributed by atoms with van der Waals surface area (Å²) < 4.78 is 2.23. The summed E-state index contributed by atoms with van der Waals surface area (Å²) >= 11 is 0. The molecule has 1 aromatic heterocycles. The number of hydrogen-bond donors (Lipinski definition) is 1. The van der Waals surface area contributed by atoms with E-state index in [1.165, 1.54) is 38.9 Å². The van der Waals surface area contributed by atoms with Crippen molar-refractivity contribution in [3.8, 4) is 0 Å². The molecule has 0 spiro atoms. The van der Waals surface area contributed by atoms with Crippen molar-refractivity contribution in [3.05, 3.63) is 12.4 Å². The molecule has 18 heavy (non-hydrogen) atoms. The summed E-state index contributed by atoms with van der Waals surface area (Å²) in [6, 6.07) is 0. The molecular weight excluding hydrogens is 224 g/mol. The number of rotatable bonds is 7. The number of aryl methyl sites for hydroxylation is 1. The highest BCUT2D eigenvalue weighted by atomic mass is 15.2. The van der Waals surface area contributed by atoms with Crippen LogP contribution in [0.4, 0.5) is 5.95 Å². The van der Waals surface area contributed by atoms with Crippen LogP contribution < -0.4 is 5.32 Å². The first kappa shape index (κ1) is 13.4. The minimum atomic E-state index is 0.653. The lowest BCUT2D eigenvalue weighted by Gasteiger charge is -2.15. The van der Waals surface area contributed by atoms with Crippen LogP contribution in [0.5, 0.6) is 0 Å². The first-order chi connectivity index (χ1) is 8.75. The summed E-state index contributed by atoms with van der Waals surface area (Å²) in [7, 11) is 0. The average molecular weight is 250 g/mol. The van der Waals surface area contributed by atoms with Crippen molar-refractivity contribution >= 4 is 5.95 Å². The monoisotopic (exact) mass is 250 g/mol. The zero-order chi connectivity index (χ0) is 12.8. The van der Waals surface area contributed by atoms with E-state index in [2.05, 4.69) is 39.8 Å². The van der Waals surface area contributed by atoms with Gasteiger partial charge in [0.25, 0.3) is 0 Å². The van der Waals surface area contributed by atoms with Crippen molar-refractivity contribution in [1.29, 1.82) is 0 Å². The van der Waals surface area contributed by atoms with Gasteiger partial charge in [-0.2, -0.15) is 0 Å². The first-order valence-corrected chi connectivity index (χ1v) is 7.23. The van der Waals surface area contributed by atoms with Gasteiger partial charge in [0.15, 0.2) is 0 Å². The fourth-order valence-corrected chi connectivity index (χ4v) is 2.42. The first-order valence-electron chi connectivity index (χ1n) is 7.23. The van der Waals surface area contributed by atoms with Gasteiger partial charge in [-0.25, -0.2) is 4.98 Å². The summed E-state index contributed by atoms with van der Waals surface area (Å²) in [6.45, 7) is 10.3. The summed E-state index contributed by atoms with van der Waals surface area (Å²) in [4.78, 5) is 6.94. The van der Waals surface area contributed by atoms with Gasteiger partial charge in [0.2, 0.25) is 5.95 Å². The molecule has 0 bridgehead atoms. The van der Waals surface area contributed by atoms with Gasteiger partial charge in [-0.15, -0.1) is 0 Å². The van der Waals surface area contributed by atoms with E-state index in [-0.39, 0.29) is 0 Å². The topological polar surface area (TPSA) is 33.1 Å². The van der Waals surface area contributed by atoms with Crippen molar-refractivity contribution in [2.24, 2.45) is 5.92 Å². The Morgan fingerprint density at radius 1 is 1.28 bits per heavy atom. The van der Waals surface area contributed by atoms with E-state index in [0.717, 1.165) is 19.0 Å². The molecule has 1 aromatic rings. The van der Waals surface area contributed by atoms with E-state index < -0.39 is 0 Å². The van der Waals surface area contributed by atoms with Crippen LogP contribution in [-0.4, -0.2) is 40.6 Å². The molecule has 1 aliphatic heterocycles. The largest absolute Gasteiger partial charge is 0.355 e. The third-order valence-electron chi connectivity index (χ3n) is 3.46. The second kappa shape index (κ2) is 6.78. The Balaban J connectivity index is 1.72. The molecular formula is C14H26N4. The quantitative estimate of drug-likeness (QED) is 0.807. The maximum atomic E-state index is 4.38. The molecule has 1 fully saturated rings. The van der Waals surface area contributed by atoms with Crippen molar-refractivity contribution < 1.29 is 0 Å². The van der Waals surface area contributed by atoms with Crippen LogP contribution in [0.3, 0.4) is 0 Å². The van der Waals surface area contributed by atoms with Crippen molar-refractivity contribution in [1.82, 2.24) is 14.5 Å². The molecule has 2 rings (SSSR count). The Hall–Kier alpha value is -1.03. The number of anilines is 1. The molecule has 0 radical (unpaired) electrons. The summed E-state index contributed by atoms with van der Waals surface area (Å²) in [5, 5.41) is 3.41. The lowest BCUT2D eigenvalue weighted by molar-refractivity contribution is 0.325. The smallest absolute Gasteiger partial charge is 0.202 e. The van der Waals surface area contributed by atoms with Crippen LogP contribution in [-0.2, 0) is 6.54 Å². The summed E-state index contributed by atoms with van der Waals surface area (Å²) in [5.41, 5.74) is 0. The van der Waals surface area contributed by atoms with Crippen LogP contribution in [0, 0.1) is 5.92 Å². The Labute approximate surface area is 110 Å². The predicted octanol–water partition coefficient (Wildman–Crippen LogP) is 2.44. The number of imidazole rings is 1. The second-order valence-corrected chi connectivity index (χ2v) is 5.62. The summed E-state index contributed by atoms with van der Waals surface area (Å²) in [5.74, 6) is 1.67. The van der Waals surface area contributed by atoms with Crippen molar-refractivity contribution in [3.63, 3.8) is 0 Å². The molecule has 1 aliphatic rings. The average Bonchev–Trinajstić information content (AvgIpc) is 2.97. The van der Waals surface area contributed by atoms with E-state index in [0.29, 0.717) is 5.92 Å². The molecule has 2 heterocycles. The van der Waals surface area contributed by atoms with Gasteiger partial charge >= 0.3 is 0 Å². The highest BCUT2D eigenvalue weighted by Gasteiger charge is 2.10. The standard InChI is InChI=1S/C14H26N4/c1-13(2)12-16-14-15-6-11-18(14)10-5-9-17-7-3-4-8-17/h6,11,13H,3-5,7-10,12H2,1-2H3,(H,15,16). The van der Waals surface area contributed by atoms with E-state index >= 15 is 0 Å². The SMILES string of the molecule is CC(C)CNc1nccn1CCCN1CCCC1. The second-order valence-electron chi connectivity index (χ2n) is 5.62. The third kappa shape index (κ3) is 4.02. The molecule has 4 heteroatoms. The van der Waals surface area contributed by atoms with Gasteiger partial charge in [-0.1, -0.05) is 13.8 Å². The van der Waals surface area contributed by atoms with E-state index in [4.69, 9.17) is 0 Å². The minimum Gasteiger partial charge on any atom is -0.355 e. The van der Waals surface area contributed by atoms with Crippen LogP contribution >= 0.6 is 0 Å². The Kier molecular flexibility index (Phi) is 5.05. The predicted molar refractivity (Wildman–Crippen MR) is 75.8 cm³/mol. The van der Waals surface area contributed by atoms with E-state index in [9.17, 15) is 0 Å². The number of hydrogen-bond acceptors (Lipinski definition) is 3. The molecule has 0 saturated carbocycles. The fourth-order valence-electron chi connectivity index (χ4n) is 2.42. The molecule has 4 nitrogen and oxygen atoms in total. The normalized spacial score (nSPS) is 16.6. The number of aromatic nitrogens is 2. The van der Waals surface area contributed by atoms with E-state index in [1.807, 2.05) is 6.20 Å². The fraction of sp³-hybridized carbons (Fsp3) is 0.786. The van der Waals surface area contributed by atoms with Crippen LogP contribution in [0.2, 0.25) is 0 Å². The molecule has 1 N–H and O–H groups in total. The van der Waals surface area contributed by atoms with Crippen molar-refractivity contribution in [2.45, 2.75) is 39.7 Å². The van der Waals surface area contributed by atoms with Crippen LogP contribution in [0.25, 0.3) is 0 Å². The molecule has 0 aromatic carbocycles. The molecule has 0 aliphatic carbocycles. The highest BCUT2D eigenvalue weighted by molar-refractivity contribution is 5.25. The number of nitrogens with one attached hydrogen (secondary N) is 1. The van der Waals surface area contributed by atoms with Gasteiger partial charge < -0.3 is 14.8 Å². The molecule has 1 saturated heterocycles.